The van der Waals surface area contributed by atoms with Gasteiger partial charge in [-0.25, -0.2) is 0 Å². The van der Waals surface area contributed by atoms with Crippen molar-refractivity contribution in [2.24, 2.45) is 0 Å². The maximum Gasteiger partial charge on any atom is 0.124 e. The Balaban J connectivity index is 1.84. The summed E-state index contributed by atoms with van der Waals surface area (Å²) in [6.07, 6.45) is 6.50. The van der Waals surface area contributed by atoms with Crippen molar-refractivity contribution in [3.63, 3.8) is 0 Å². The van der Waals surface area contributed by atoms with Crippen LogP contribution in [-0.2, 0) is 13.2 Å². The lowest BCUT2D eigenvalue weighted by Gasteiger charge is -2.13. The van der Waals surface area contributed by atoms with Crippen molar-refractivity contribution in [3.8, 4) is 5.75 Å². The van der Waals surface area contributed by atoms with Gasteiger partial charge >= 0.3 is 0 Å². The minimum atomic E-state index is 0.520. The molecule has 2 aromatic rings. The normalized spacial score (nSPS) is 10.8. The first-order valence-corrected chi connectivity index (χ1v) is 10.2. The molecule has 2 rings (SSSR count). The van der Waals surface area contributed by atoms with E-state index in [1.165, 1.54) is 37.7 Å². The first-order valence-electron chi connectivity index (χ1n) is 9.05. The van der Waals surface area contributed by atoms with Crippen LogP contribution in [0.1, 0.15) is 50.2 Å². The molecule has 2 aromatic carbocycles. The third-order valence-corrected chi connectivity index (χ3v) is 4.81. The molecule has 0 aliphatic rings. The van der Waals surface area contributed by atoms with Crippen LogP contribution in [0.2, 0.25) is 5.02 Å². The first-order chi connectivity index (χ1) is 12.2. The fourth-order valence-corrected chi connectivity index (χ4v) is 3.31. The molecular formula is C21H27BrClNO. The Morgan fingerprint density at radius 1 is 1.04 bits per heavy atom. The molecule has 0 atom stereocenters. The van der Waals surface area contributed by atoms with Gasteiger partial charge in [0.05, 0.1) is 0 Å². The Hall–Kier alpha value is -1.03. The molecule has 0 aromatic heterocycles. The quantitative estimate of drug-likeness (QED) is 0.403. The second kappa shape index (κ2) is 11.6. The molecule has 1 N–H and O–H groups in total. The van der Waals surface area contributed by atoms with Gasteiger partial charge in [0.15, 0.2) is 0 Å². The average Bonchev–Trinajstić information content (AvgIpc) is 2.60. The Kier molecular flexibility index (Phi) is 9.38. The molecule has 2 nitrogen and oxygen atoms in total. The van der Waals surface area contributed by atoms with Crippen LogP contribution in [0.3, 0.4) is 0 Å². The van der Waals surface area contributed by atoms with Gasteiger partial charge in [-0.2, -0.15) is 0 Å². The highest BCUT2D eigenvalue weighted by Gasteiger charge is 2.05. The van der Waals surface area contributed by atoms with Crippen molar-refractivity contribution >= 4 is 27.5 Å². The third kappa shape index (κ3) is 7.81. The van der Waals surface area contributed by atoms with Gasteiger partial charge < -0.3 is 10.1 Å². The molecule has 0 fully saturated rings. The zero-order valence-electron chi connectivity index (χ0n) is 14.9. The highest BCUT2D eigenvalue weighted by molar-refractivity contribution is 9.10. The van der Waals surface area contributed by atoms with Gasteiger partial charge in [-0.3, -0.25) is 0 Å². The summed E-state index contributed by atoms with van der Waals surface area (Å²) in [5.41, 5.74) is 2.25. The number of ether oxygens (including phenoxy) is 1. The topological polar surface area (TPSA) is 21.3 Å². The Bertz CT molecular complexity index is 648. The lowest BCUT2D eigenvalue weighted by atomic mass is 10.1. The molecule has 0 spiro atoms. The average molecular weight is 425 g/mol. The number of halogens is 2. The van der Waals surface area contributed by atoms with Crippen LogP contribution < -0.4 is 10.1 Å². The number of hydrogen-bond acceptors (Lipinski definition) is 2. The smallest absolute Gasteiger partial charge is 0.124 e. The van der Waals surface area contributed by atoms with Crippen molar-refractivity contribution in [1.82, 2.24) is 5.32 Å². The molecule has 0 radical (unpaired) electrons. The molecule has 0 amide bonds. The van der Waals surface area contributed by atoms with Gasteiger partial charge in [0.1, 0.15) is 12.4 Å². The molecule has 0 aliphatic heterocycles. The number of hydrogen-bond donors (Lipinski definition) is 1. The number of rotatable bonds is 11. The summed E-state index contributed by atoms with van der Waals surface area (Å²) < 4.78 is 7.10. The van der Waals surface area contributed by atoms with Gasteiger partial charge in [0.25, 0.3) is 0 Å². The monoisotopic (exact) mass is 423 g/mol. The first kappa shape index (κ1) is 20.3. The third-order valence-electron chi connectivity index (χ3n) is 4.08. The zero-order chi connectivity index (χ0) is 17.9. The molecule has 4 heteroatoms. The van der Waals surface area contributed by atoms with Crippen LogP contribution in [-0.4, -0.2) is 6.54 Å². The molecule has 25 heavy (non-hydrogen) atoms. The van der Waals surface area contributed by atoms with Crippen LogP contribution in [0.25, 0.3) is 0 Å². The summed E-state index contributed by atoms with van der Waals surface area (Å²) in [4.78, 5) is 0. The molecular weight excluding hydrogens is 398 g/mol. The Morgan fingerprint density at radius 2 is 1.88 bits per heavy atom. The van der Waals surface area contributed by atoms with E-state index in [1.54, 1.807) is 0 Å². The molecule has 0 bridgehead atoms. The fourth-order valence-electron chi connectivity index (χ4n) is 2.69. The van der Waals surface area contributed by atoms with E-state index in [0.29, 0.717) is 6.61 Å². The zero-order valence-corrected chi connectivity index (χ0v) is 17.2. The van der Waals surface area contributed by atoms with Crippen LogP contribution >= 0.6 is 27.5 Å². The lowest BCUT2D eigenvalue weighted by molar-refractivity contribution is 0.302. The maximum absolute atomic E-state index is 6.04. The molecule has 0 heterocycles. The summed E-state index contributed by atoms with van der Waals surface area (Å²) in [6, 6.07) is 13.9. The van der Waals surface area contributed by atoms with Gasteiger partial charge in [-0.05, 0) is 48.9 Å². The number of unbranched alkanes of at least 4 members (excludes halogenated alkanes) is 4. The molecule has 136 valence electrons. The molecule has 0 saturated carbocycles. The SMILES string of the molecule is CCCCCCCNCc1cc(Br)ccc1OCc1cccc(Cl)c1. The molecule has 0 unspecified atom stereocenters. The summed E-state index contributed by atoms with van der Waals surface area (Å²) in [6.45, 7) is 4.63. The van der Waals surface area contributed by atoms with Crippen molar-refractivity contribution in [2.45, 2.75) is 52.2 Å². The number of nitrogens with one attached hydrogen (secondary N) is 1. The van der Waals surface area contributed by atoms with Gasteiger partial charge in [0, 0.05) is 21.6 Å². The highest BCUT2D eigenvalue weighted by Crippen LogP contribution is 2.24. The maximum atomic E-state index is 6.04. The predicted molar refractivity (Wildman–Crippen MR) is 110 cm³/mol. The summed E-state index contributed by atoms with van der Waals surface area (Å²) in [5.74, 6) is 0.918. The largest absolute Gasteiger partial charge is 0.489 e. The van der Waals surface area contributed by atoms with Gasteiger partial charge in [0.2, 0.25) is 0 Å². The van der Waals surface area contributed by atoms with Crippen molar-refractivity contribution in [2.75, 3.05) is 6.54 Å². The van der Waals surface area contributed by atoms with Crippen LogP contribution in [0, 0.1) is 0 Å². The highest BCUT2D eigenvalue weighted by atomic mass is 79.9. The fraction of sp³-hybridized carbons (Fsp3) is 0.429. The summed E-state index contributed by atoms with van der Waals surface area (Å²) in [7, 11) is 0. The Morgan fingerprint density at radius 3 is 2.68 bits per heavy atom. The summed E-state index contributed by atoms with van der Waals surface area (Å²) >= 11 is 9.59. The predicted octanol–water partition coefficient (Wildman–Crippen LogP) is 6.74. The van der Waals surface area contributed by atoms with Crippen LogP contribution in [0.15, 0.2) is 46.9 Å². The minimum absolute atomic E-state index is 0.520. The van der Waals surface area contributed by atoms with E-state index in [4.69, 9.17) is 16.3 Å². The summed E-state index contributed by atoms with van der Waals surface area (Å²) in [5, 5.41) is 4.27. The van der Waals surface area contributed by atoms with E-state index in [0.717, 1.165) is 33.9 Å². The van der Waals surface area contributed by atoms with E-state index < -0.39 is 0 Å². The van der Waals surface area contributed by atoms with Crippen molar-refractivity contribution in [1.29, 1.82) is 0 Å². The van der Waals surface area contributed by atoms with Gasteiger partial charge in [-0.15, -0.1) is 0 Å². The van der Waals surface area contributed by atoms with Crippen molar-refractivity contribution < 1.29 is 4.74 Å². The van der Waals surface area contributed by atoms with E-state index in [1.807, 2.05) is 36.4 Å². The van der Waals surface area contributed by atoms with Gasteiger partial charge in [-0.1, -0.05) is 72.3 Å². The molecule has 0 aliphatic carbocycles. The van der Waals surface area contributed by atoms with E-state index in [-0.39, 0.29) is 0 Å². The lowest BCUT2D eigenvalue weighted by Crippen LogP contribution is -2.15. The van der Waals surface area contributed by atoms with Crippen LogP contribution in [0.5, 0.6) is 5.75 Å². The Labute approximate surface area is 165 Å². The second-order valence-electron chi connectivity index (χ2n) is 6.26. The van der Waals surface area contributed by atoms with E-state index in [2.05, 4.69) is 34.2 Å². The van der Waals surface area contributed by atoms with E-state index in [9.17, 15) is 0 Å². The second-order valence-corrected chi connectivity index (χ2v) is 7.61. The molecule has 0 saturated heterocycles. The standard InChI is InChI=1S/C21H27BrClNO/c1-2-3-4-5-6-12-24-15-18-14-19(22)10-11-21(18)25-16-17-8-7-9-20(23)13-17/h7-11,13-14,24H,2-6,12,15-16H2,1H3. The van der Waals surface area contributed by atoms with Crippen LogP contribution in [0.4, 0.5) is 0 Å². The van der Waals surface area contributed by atoms with E-state index >= 15 is 0 Å². The number of benzene rings is 2. The minimum Gasteiger partial charge on any atom is -0.489 e. The van der Waals surface area contributed by atoms with Crippen molar-refractivity contribution in [3.05, 3.63) is 63.1 Å².